The molecule has 3 N–H and O–H groups in total. The molecule has 19 heavy (non-hydrogen) atoms. The van der Waals surface area contributed by atoms with E-state index in [9.17, 15) is 4.39 Å². The third-order valence-electron chi connectivity index (χ3n) is 3.10. The Labute approximate surface area is 121 Å². The minimum Gasteiger partial charge on any atom is -0.271 e. The second kappa shape index (κ2) is 7.01. The van der Waals surface area contributed by atoms with Crippen LogP contribution < -0.4 is 11.3 Å². The van der Waals surface area contributed by atoms with Gasteiger partial charge in [0, 0.05) is 6.04 Å². The van der Waals surface area contributed by atoms with E-state index in [0.717, 1.165) is 12.8 Å². The largest absolute Gasteiger partial charge is 0.271 e. The van der Waals surface area contributed by atoms with E-state index in [4.69, 9.17) is 17.4 Å². The van der Waals surface area contributed by atoms with Crippen LogP contribution in [0.25, 0.3) is 0 Å². The number of hydrazine groups is 1. The molecule has 0 amide bonds. The van der Waals surface area contributed by atoms with E-state index in [1.54, 1.807) is 29.5 Å². The first-order valence-corrected chi connectivity index (χ1v) is 7.43. The van der Waals surface area contributed by atoms with Crippen LogP contribution in [0.3, 0.4) is 0 Å². The summed E-state index contributed by atoms with van der Waals surface area (Å²) >= 11 is 7.45. The van der Waals surface area contributed by atoms with Crippen LogP contribution in [0.4, 0.5) is 4.39 Å². The molecule has 0 aliphatic heterocycles. The van der Waals surface area contributed by atoms with Gasteiger partial charge in [-0.3, -0.25) is 11.3 Å². The monoisotopic (exact) mass is 298 g/mol. The lowest BCUT2D eigenvalue weighted by atomic mass is 10.0. The maximum atomic E-state index is 13.8. The van der Waals surface area contributed by atoms with Crippen molar-refractivity contribution in [3.05, 3.63) is 57.0 Å². The summed E-state index contributed by atoms with van der Waals surface area (Å²) in [5, 5.41) is 4.33. The van der Waals surface area contributed by atoms with Gasteiger partial charge in [0.1, 0.15) is 5.82 Å². The van der Waals surface area contributed by atoms with E-state index < -0.39 is 0 Å². The Balaban J connectivity index is 1.96. The molecular weight excluding hydrogens is 283 g/mol. The fourth-order valence-electron chi connectivity index (χ4n) is 1.99. The summed E-state index contributed by atoms with van der Waals surface area (Å²) in [6.45, 7) is 0. The lowest BCUT2D eigenvalue weighted by Gasteiger charge is -2.16. The quantitative estimate of drug-likeness (QED) is 0.632. The smallest absolute Gasteiger partial charge is 0.145 e. The van der Waals surface area contributed by atoms with Gasteiger partial charge >= 0.3 is 0 Å². The molecule has 2 aromatic rings. The average molecular weight is 299 g/mol. The first kappa shape index (κ1) is 14.5. The molecular formula is C14H16ClFN2S. The Bertz CT molecular complexity index is 516. The molecule has 0 aliphatic carbocycles. The zero-order valence-electron chi connectivity index (χ0n) is 10.4. The van der Waals surface area contributed by atoms with Crippen LogP contribution in [0.15, 0.2) is 35.0 Å². The number of benzene rings is 1. The van der Waals surface area contributed by atoms with Gasteiger partial charge in [-0.1, -0.05) is 23.7 Å². The van der Waals surface area contributed by atoms with Gasteiger partial charge in [-0.2, -0.15) is 11.3 Å². The minimum absolute atomic E-state index is 0.0351. The van der Waals surface area contributed by atoms with Gasteiger partial charge in [0.2, 0.25) is 0 Å². The number of nitrogens with two attached hydrogens (primary N) is 1. The number of halogens is 2. The SMILES string of the molecule is NNC(CCc1ccsc1)Cc1cccc(Cl)c1F. The first-order valence-electron chi connectivity index (χ1n) is 6.11. The number of rotatable bonds is 6. The third-order valence-corrected chi connectivity index (χ3v) is 4.12. The van der Waals surface area contributed by atoms with Crippen molar-refractivity contribution in [3.63, 3.8) is 0 Å². The number of thiophene rings is 1. The fourth-order valence-corrected chi connectivity index (χ4v) is 2.89. The molecule has 0 bridgehead atoms. The van der Waals surface area contributed by atoms with Crippen molar-refractivity contribution in [3.8, 4) is 0 Å². The van der Waals surface area contributed by atoms with Gasteiger partial charge in [-0.25, -0.2) is 4.39 Å². The Morgan fingerprint density at radius 3 is 2.89 bits per heavy atom. The summed E-state index contributed by atoms with van der Waals surface area (Å²) in [6, 6.07) is 7.19. The Morgan fingerprint density at radius 2 is 2.21 bits per heavy atom. The summed E-state index contributed by atoms with van der Waals surface area (Å²) in [5.41, 5.74) is 4.64. The van der Waals surface area contributed by atoms with Crippen LogP contribution in [0.2, 0.25) is 5.02 Å². The van der Waals surface area contributed by atoms with Gasteiger partial charge in [-0.15, -0.1) is 0 Å². The predicted octanol–water partition coefficient (Wildman–Crippen LogP) is 3.55. The number of aryl methyl sites for hydroxylation is 1. The van der Waals surface area contributed by atoms with Crippen molar-refractivity contribution in [2.75, 3.05) is 0 Å². The predicted molar refractivity (Wildman–Crippen MR) is 78.9 cm³/mol. The van der Waals surface area contributed by atoms with Crippen molar-refractivity contribution in [2.45, 2.75) is 25.3 Å². The maximum absolute atomic E-state index is 13.8. The second-order valence-electron chi connectivity index (χ2n) is 4.45. The van der Waals surface area contributed by atoms with Gasteiger partial charge < -0.3 is 0 Å². The van der Waals surface area contributed by atoms with Crippen molar-refractivity contribution in [1.29, 1.82) is 0 Å². The third kappa shape index (κ3) is 4.01. The summed E-state index contributed by atoms with van der Waals surface area (Å²) in [4.78, 5) is 0. The van der Waals surface area contributed by atoms with E-state index in [1.807, 2.05) is 0 Å². The van der Waals surface area contributed by atoms with Crippen molar-refractivity contribution in [1.82, 2.24) is 5.43 Å². The molecule has 0 saturated carbocycles. The normalized spacial score (nSPS) is 12.6. The zero-order chi connectivity index (χ0) is 13.7. The molecule has 0 aliphatic rings. The average Bonchev–Trinajstić information content (AvgIpc) is 2.92. The van der Waals surface area contributed by atoms with Crippen molar-refractivity contribution in [2.24, 2.45) is 5.84 Å². The Kier molecular flexibility index (Phi) is 5.34. The van der Waals surface area contributed by atoms with Gasteiger partial charge in [0.15, 0.2) is 0 Å². The van der Waals surface area contributed by atoms with Crippen molar-refractivity contribution < 1.29 is 4.39 Å². The summed E-state index contributed by atoms with van der Waals surface area (Å²) in [5.74, 6) is 5.20. The number of nitrogens with one attached hydrogen (secondary N) is 1. The highest BCUT2D eigenvalue weighted by atomic mass is 35.5. The molecule has 0 fully saturated rings. The molecule has 0 spiro atoms. The molecule has 0 radical (unpaired) electrons. The molecule has 0 saturated heterocycles. The zero-order valence-corrected chi connectivity index (χ0v) is 12.0. The lowest BCUT2D eigenvalue weighted by molar-refractivity contribution is 0.480. The minimum atomic E-state index is -0.347. The fraction of sp³-hybridized carbons (Fsp3) is 0.286. The van der Waals surface area contributed by atoms with Crippen LogP contribution >= 0.6 is 22.9 Å². The highest BCUT2D eigenvalue weighted by Gasteiger charge is 2.13. The van der Waals surface area contributed by atoms with Crippen molar-refractivity contribution >= 4 is 22.9 Å². The van der Waals surface area contributed by atoms with E-state index >= 15 is 0 Å². The van der Waals surface area contributed by atoms with Gasteiger partial charge in [-0.05, 0) is 53.3 Å². The summed E-state index contributed by atoms with van der Waals surface area (Å²) < 4.78 is 13.8. The van der Waals surface area contributed by atoms with Crippen LogP contribution in [0.5, 0.6) is 0 Å². The summed E-state index contributed by atoms with van der Waals surface area (Å²) in [6.07, 6.45) is 2.33. The van der Waals surface area contributed by atoms with Crippen LogP contribution in [0.1, 0.15) is 17.5 Å². The molecule has 1 heterocycles. The highest BCUT2D eigenvalue weighted by Crippen LogP contribution is 2.20. The Hall–Kier alpha value is -0.940. The summed E-state index contributed by atoms with van der Waals surface area (Å²) in [7, 11) is 0. The molecule has 102 valence electrons. The van der Waals surface area contributed by atoms with Gasteiger partial charge in [0.25, 0.3) is 0 Å². The second-order valence-corrected chi connectivity index (χ2v) is 5.64. The first-order chi connectivity index (χ1) is 9.20. The molecule has 1 aromatic heterocycles. The van der Waals surface area contributed by atoms with E-state index in [2.05, 4.69) is 22.3 Å². The number of hydrogen-bond acceptors (Lipinski definition) is 3. The lowest BCUT2D eigenvalue weighted by Crippen LogP contribution is -2.37. The Morgan fingerprint density at radius 1 is 1.37 bits per heavy atom. The van der Waals surface area contributed by atoms with E-state index in [1.165, 1.54) is 5.56 Å². The molecule has 1 atom stereocenters. The molecule has 1 aromatic carbocycles. The topological polar surface area (TPSA) is 38.0 Å². The number of hydrogen-bond donors (Lipinski definition) is 2. The molecule has 2 rings (SSSR count). The standard InChI is InChI=1S/C14H16ClFN2S/c15-13-3-1-2-11(14(13)16)8-12(18-17)5-4-10-6-7-19-9-10/h1-3,6-7,9,12,18H,4-5,8,17H2. The van der Waals surface area contributed by atoms with Crippen LogP contribution in [0, 0.1) is 5.82 Å². The molecule has 5 heteroatoms. The molecule has 2 nitrogen and oxygen atoms in total. The van der Waals surface area contributed by atoms with E-state index in [-0.39, 0.29) is 16.9 Å². The molecule has 1 unspecified atom stereocenters. The highest BCUT2D eigenvalue weighted by molar-refractivity contribution is 7.07. The van der Waals surface area contributed by atoms with Crippen LogP contribution in [-0.4, -0.2) is 6.04 Å². The van der Waals surface area contributed by atoms with Crippen LogP contribution in [-0.2, 0) is 12.8 Å². The van der Waals surface area contributed by atoms with Gasteiger partial charge in [0.05, 0.1) is 5.02 Å². The van der Waals surface area contributed by atoms with E-state index in [0.29, 0.717) is 12.0 Å². The maximum Gasteiger partial charge on any atom is 0.145 e.